The van der Waals surface area contributed by atoms with Crippen LogP contribution in [0.25, 0.3) is 0 Å². The van der Waals surface area contributed by atoms with Crippen molar-refractivity contribution in [2.75, 3.05) is 13.2 Å². The monoisotopic (exact) mass is 256 g/mol. The highest BCUT2D eigenvalue weighted by atomic mass is 16.8. The Labute approximate surface area is 109 Å². The van der Waals surface area contributed by atoms with Crippen molar-refractivity contribution in [1.29, 1.82) is 0 Å². The molecule has 0 amide bonds. The third-order valence-electron chi connectivity index (χ3n) is 4.12. The van der Waals surface area contributed by atoms with E-state index in [1.54, 1.807) is 0 Å². The summed E-state index contributed by atoms with van der Waals surface area (Å²) in [7, 11) is 0. The van der Waals surface area contributed by atoms with Crippen LogP contribution in [0.5, 0.6) is 0 Å². The van der Waals surface area contributed by atoms with Gasteiger partial charge in [-0.1, -0.05) is 6.92 Å². The van der Waals surface area contributed by atoms with Crippen LogP contribution in [-0.2, 0) is 19.0 Å². The van der Waals surface area contributed by atoms with Gasteiger partial charge in [0.25, 0.3) is 0 Å². The second kappa shape index (κ2) is 5.17. The van der Waals surface area contributed by atoms with Crippen molar-refractivity contribution in [3.63, 3.8) is 0 Å². The summed E-state index contributed by atoms with van der Waals surface area (Å²) in [5.41, 5.74) is -0.412. The molecular formula is C14H24O4. The van der Waals surface area contributed by atoms with Gasteiger partial charge < -0.3 is 14.2 Å². The topological polar surface area (TPSA) is 44.8 Å². The summed E-state index contributed by atoms with van der Waals surface area (Å²) >= 11 is 0. The van der Waals surface area contributed by atoms with Crippen LogP contribution in [-0.4, -0.2) is 31.1 Å². The number of rotatable bonds is 4. The summed E-state index contributed by atoms with van der Waals surface area (Å²) in [5.74, 6) is -0.516. The smallest absolute Gasteiger partial charge is 0.311 e. The van der Waals surface area contributed by atoms with Gasteiger partial charge in [-0.05, 0) is 33.1 Å². The van der Waals surface area contributed by atoms with Crippen LogP contribution in [0.4, 0.5) is 0 Å². The molecule has 1 aliphatic heterocycles. The minimum atomic E-state index is -0.412. The lowest BCUT2D eigenvalue weighted by molar-refractivity contribution is -0.175. The second-order valence-electron chi connectivity index (χ2n) is 6.00. The van der Waals surface area contributed by atoms with Crippen LogP contribution >= 0.6 is 0 Å². The molecule has 0 N–H and O–H groups in total. The highest BCUT2D eigenvalue weighted by Gasteiger charge is 2.44. The third-order valence-corrected chi connectivity index (χ3v) is 4.12. The fraction of sp³-hybridized carbons (Fsp3) is 0.929. The van der Waals surface area contributed by atoms with Crippen molar-refractivity contribution in [1.82, 2.24) is 0 Å². The lowest BCUT2D eigenvalue weighted by Gasteiger charge is -2.23. The van der Waals surface area contributed by atoms with Crippen LogP contribution in [0.1, 0.15) is 52.9 Å². The van der Waals surface area contributed by atoms with Crippen molar-refractivity contribution in [3.8, 4) is 0 Å². The van der Waals surface area contributed by atoms with Crippen molar-refractivity contribution in [3.05, 3.63) is 0 Å². The van der Waals surface area contributed by atoms with E-state index in [9.17, 15) is 4.79 Å². The first-order valence-corrected chi connectivity index (χ1v) is 6.96. The van der Waals surface area contributed by atoms with Gasteiger partial charge in [0.2, 0.25) is 0 Å². The Kier molecular flexibility index (Phi) is 3.97. The molecule has 1 unspecified atom stereocenters. The molecule has 104 valence electrons. The van der Waals surface area contributed by atoms with Crippen LogP contribution < -0.4 is 0 Å². The molecule has 1 spiro atoms. The Morgan fingerprint density at radius 3 is 2.67 bits per heavy atom. The molecule has 2 fully saturated rings. The average Bonchev–Trinajstić information content (AvgIpc) is 2.97. The molecule has 1 atom stereocenters. The van der Waals surface area contributed by atoms with Crippen molar-refractivity contribution < 1.29 is 19.0 Å². The summed E-state index contributed by atoms with van der Waals surface area (Å²) in [6.07, 6.45) is 4.94. The van der Waals surface area contributed by atoms with E-state index in [1.807, 2.05) is 20.8 Å². The number of hydrogen-bond acceptors (Lipinski definition) is 4. The van der Waals surface area contributed by atoms with E-state index < -0.39 is 5.41 Å². The number of ether oxygens (including phenoxy) is 3. The first-order valence-electron chi connectivity index (χ1n) is 6.96. The normalized spacial score (nSPS) is 26.7. The fourth-order valence-corrected chi connectivity index (χ4v) is 2.38. The van der Waals surface area contributed by atoms with Crippen molar-refractivity contribution >= 4 is 5.97 Å². The molecule has 0 aromatic rings. The minimum absolute atomic E-state index is 0.0975. The van der Waals surface area contributed by atoms with Crippen molar-refractivity contribution in [2.45, 2.75) is 64.8 Å². The fourth-order valence-electron chi connectivity index (χ4n) is 2.38. The van der Waals surface area contributed by atoms with E-state index in [2.05, 4.69) is 0 Å². The van der Waals surface area contributed by atoms with Gasteiger partial charge in [0.1, 0.15) is 12.7 Å². The van der Waals surface area contributed by atoms with Gasteiger partial charge in [0, 0.05) is 12.8 Å². The molecule has 18 heavy (non-hydrogen) atoms. The summed E-state index contributed by atoms with van der Waals surface area (Å²) < 4.78 is 17.0. The molecule has 1 aliphatic carbocycles. The van der Waals surface area contributed by atoms with Crippen LogP contribution in [0.2, 0.25) is 0 Å². The van der Waals surface area contributed by atoms with E-state index in [-0.39, 0.29) is 17.9 Å². The molecular weight excluding hydrogens is 232 g/mol. The van der Waals surface area contributed by atoms with Gasteiger partial charge >= 0.3 is 5.97 Å². The standard InChI is InChI=1S/C14H24O4/c1-4-13(2,3)12(15)16-9-11-10-17-14(18-11)7-5-6-8-14/h11H,4-10H2,1-3H3. The van der Waals surface area contributed by atoms with Gasteiger partial charge in [0.15, 0.2) is 5.79 Å². The molecule has 2 aliphatic rings. The van der Waals surface area contributed by atoms with Crippen LogP contribution in [0, 0.1) is 5.41 Å². The highest BCUT2D eigenvalue weighted by Crippen LogP contribution is 2.39. The summed E-state index contributed by atoms with van der Waals surface area (Å²) in [6.45, 7) is 6.65. The summed E-state index contributed by atoms with van der Waals surface area (Å²) in [6, 6.07) is 0. The molecule has 0 bridgehead atoms. The maximum atomic E-state index is 11.8. The van der Waals surface area contributed by atoms with Crippen LogP contribution in [0.15, 0.2) is 0 Å². The SMILES string of the molecule is CCC(C)(C)C(=O)OCC1COC2(CCCC2)O1. The Balaban J connectivity index is 1.77. The van der Waals surface area contributed by atoms with Crippen LogP contribution in [0.3, 0.4) is 0 Å². The van der Waals surface area contributed by atoms with Gasteiger partial charge in [-0.25, -0.2) is 0 Å². The molecule has 0 aromatic heterocycles. The Bertz CT molecular complexity index is 305. The van der Waals surface area contributed by atoms with E-state index in [0.29, 0.717) is 13.2 Å². The number of carbonyl (C=O) groups excluding carboxylic acids is 1. The highest BCUT2D eigenvalue weighted by molar-refractivity contribution is 5.75. The molecule has 4 nitrogen and oxygen atoms in total. The second-order valence-corrected chi connectivity index (χ2v) is 6.00. The Hall–Kier alpha value is -0.610. The lowest BCUT2D eigenvalue weighted by Crippen LogP contribution is -2.31. The van der Waals surface area contributed by atoms with E-state index in [0.717, 1.165) is 32.1 Å². The zero-order chi connectivity index (χ0) is 13.2. The number of hydrogen-bond donors (Lipinski definition) is 0. The van der Waals surface area contributed by atoms with Gasteiger partial charge in [-0.3, -0.25) is 4.79 Å². The predicted octanol–water partition coefficient (Wildman–Crippen LogP) is 2.65. The maximum absolute atomic E-state index is 11.8. The zero-order valence-electron chi connectivity index (χ0n) is 11.7. The number of carbonyl (C=O) groups is 1. The van der Waals surface area contributed by atoms with Gasteiger partial charge in [-0.15, -0.1) is 0 Å². The molecule has 1 saturated heterocycles. The lowest BCUT2D eigenvalue weighted by atomic mass is 9.91. The van der Waals surface area contributed by atoms with Gasteiger partial charge in [-0.2, -0.15) is 0 Å². The molecule has 0 radical (unpaired) electrons. The van der Waals surface area contributed by atoms with E-state index in [1.165, 1.54) is 0 Å². The largest absolute Gasteiger partial charge is 0.462 e. The van der Waals surface area contributed by atoms with E-state index in [4.69, 9.17) is 14.2 Å². The summed E-state index contributed by atoms with van der Waals surface area (Å²) in [4.78, 5) is 11.8. The molecule has 1 heterocycles. The zero-order valence-corrected chi connectivity index (χ0v) is 11.7. The quantitative estimate of drug-likeness (QED) is 0.725. The first-order chi connectivity index (χ1) is 8.47. The Morgan fingerprint density at radius 2 is 2.06 bits per heavy atom. The average molecular weight is 256 g/mol. The minimum Gasteiger partial charge on any atom is -0.462 e. The van der Waals surface area contributed by atoms with E-state index >= 15 is 0 Å². The maximum Gasteiger partial charge on any atom is 0.311 e. The van der Waals surface area contributed by atoms with Gasteiger partial charge in [0.05, 0.1) is 12.0 Å². The van der Waals surface area contributed by atoms with Crippen molar-refractivity contribution in [2.24, 2.45) is 5.41 Å². The molecule has 2 rings (SSSR count). The molecule has 1 saturated carbocycles. The summed E-state index contributed by atoms with van der Waals surface area (Å²) in [5, 5.41) is 0. The first kappa shape index (κ1) is 13.8. The molecule has 4 heteroatoms. The predicted molar refractivity (Wildman–Crippen MR) is 67.1 cm³/mol. The Morgan fingerprint density at radius 1 is 1.39 bits per heavy atom. The third kappa shape index (κ3) is 2.86. The number of esters is 1. The molecule has 0 aromatic carbocycles.